The van der Waals surface area contributed by atoms with E-state index in [1.165, 1.54) is 44.0 Å². The van der Waals surface area contributed by atoms with Crippen LogP contribution in [0.4, 0.5) is 0 Å². The molecule has 0 atom stereocenters. The molecular formula is C16H21IrNO2. The molecule has 1 aromatic carbocycles. The van der Waals surface area contributed by atoms with Crippen molar-refractivity contribution in [1.82, 2.24) is 0 Å². The summed E-state index contributed by atoms with van der Waals surface area (Å²) in [6, 6.07) is 11.3. The van der Waals surface area contributed by atoms with Gasteiger partial charge in [0.2, 0.25) is 0 Å². The van der Waals surface area contributed by atoms with E-state index in [-0.39, 0.29) is 31.6 Å². The Bertz CT molecular complexity index is 463. The standard InChI is InChI=1S/C11H12N.C5H8O2.Ir/c1-2-6-10(7-3-1)11-8-4-5-9-12-11;1-4(6)3-5(2)7;/h1-3,6H,4-5,8-9H2;3,6H,1-2H3;/q-1;;/p+1. The van der Waals surface area contributed by atoms with Crippen LogP contribution in [0.5, 0.6) is 0 Å². The summed E-state index contributed by atoms with van der Waals surface area (Å²) in [4.78, 5) is 12.9. The van der Waals surface area contributed by atoms with Gasteiger partial charge >= 0.3 is 5.78 Å². The van der Waals surface area contributed by atoms with E-state index in [2.05, 4.69) is 17.1 Å². The number of aliphatic hydroxyl groups excluding tert-OH is 1. The Labute approximate surface area is 134 Å². The molecule has 0 amide bonds. The van der Waals surface area contributed by atoms with Crippen molar-refractivity contribution in [2.75, 3.05) is 6.54 Å². The molecule has 0 spiro atoms. The molecule has 0 fully saturated rings. The minimum absolute atomic E-state index is 0. The van der Waals surface area contributed by atoms with Crippen molar-refractivity contribution < 1.29 is 30.0 Å². The molecule has 2 N–H and O–H groups in total. The van der Waals surface area contributed by atoms with Gasteiger partial charge in [0.05, 0.1) is 18.8 Å². The summed E-state index contributed by atoms with van der Waals surface area (Å²) >= 11 is 0. The summed E-state index contributed by atoms with van der Waals surface area (Å²) in [5.74, 6) is 0.250. The zero-order valence-electron chi connectivity index (χ0n) is 11.9. The molecule has 3 nitrogen and oxygen atoms in total. The van der Waals surface area contributed by atoms with Gasteiger partial charge in [0.25, 0.3) is 0 Å². The van der Waals surface area contributed by atoms with Gasteiger partial charge < -0.3 is 10.1 Å². The molecule has 0 aliphatic carbocycles. The van der Waals surface area contributed by atoms with E-state index in [9.17, 15) is 0 Å². The van der Waals surface area contributed by atoms with E-state index < -0.39 is 0 Å². The Hall–Kier alpha value is -1.25. The number of allylic oxidation sites excluding steroid dienone is 2. The first kappa shape index (κ1) is 18.7. The smallest absolute Gasteiger partial charge is 0.316 e. The van der Waals surface area contributed by atoms with Crippen molar-refractivity contribution in [3.05, 3.63) is 47.7 Å². The van der Waals surface area contributed by atoms with Crippen LogP contribution in [0.1, 0.15) is 38.7 Å². The maximum Gasteiger partial charge on any atom is 0.316 e. The fourth-order valence-corrected chi connectivity index (χ4v) is 1.79. The third kappa shape index (κ3) is 8.03. The van der Waals surface area contributed by atoms with Gasteiger partial charge in [-0.05, 0) is 25.5 Å². The van der Waals surface area contributed by atoms with Gasteiger partial charge in [-0.15, -0.1) is 35.9 Å². The van der Waals surface area contributed by atoms with Crippen molar-refractivity contribution in [1.29, 1.82) is 0 Å². The van der Waals surface area contributed by atoms with Crippen LogP contribution in [0.25, 0.3) is 0 Å². The Kier molecular flexibility index (Phi) is 9.87. The largest absolute Gasteiger partial charge is 0.512 e. The monoisotopic (exact) mass is 452 g/mol. The van der Waals surface area contributed by atoms with Gasteiger partial charge in [0, 0.05) is 26.7 Å². The SMILES string of the molecule is CC(=[OH+])C=C(C)O.[Ir].[c-]1ccccc1C1=NCCCC1. The molecule has 0 saturated carbocycles. The zero-order chi connectivity index (χ0) is 14.1. The van der Waals surface area contributed by atoms with E-state index >= 15 is 0 Å². The van der Waals surface area contributed by atoms with Crippen LogP contribution < -0.4 is 0 Å². The van der Waals surface area contributed by atoms with Crippen molar-refractivity contribution in [3.63, 3.8) is 0 Å². The number of hydrogen-bond donors (Lipinski definition) is 1. The maximum absolute atomic E-state index is 8.40. The van der Waals surface area contributed by atoms with Gasteiger partial charge in [-0.3, -0.25) is 4.79 Å². The molecule has 0 aromatic heterocycles. The summed E-state index contributed by atoms with van der Waals surface area (Å²) in [6.45, 7) is 4.00. The molecule has 0 saturated heterocycles. The molecule has 20 heavy (non-hydrogen) atoms. The van der Waals surface area contributed by atoms with Crippen LogP contribution in [0.2, 0.25) is 0 Å². The molecular weight excluding hydrogens is 430 g/mol. The van der Waals surface area contributed by atoms with Gasteiger partial charge in [-0.2, -0.15) is 0 Å². The fraction of sp³-hybridized carbons (Fsp3) is 0.375. The van der Waals surface area contributed by atoms with Crippen LogP contribution >= 0.6 is 0 Å². The summed E-state index contributed by atoms with van der Waals surface area (Å²) < 4.78 is 0. The molecule has 2 rings (SSSR count). The average Bonchev–Trinajstić information content (AvgIpc) is 2.40. The maximum atomic E-state index is 8.40. The molecule has 1 aromatic rings. The molecule has 1 aliphatic heterocycles. The van der Waals surface area contributed by atoms with Gasteiger partial charge in [0.1, 0.15) is 0 Å². The fourth-order valence-electron chi connectivity index (χ4n) is 1.79. The Balaban J connectivity index is 0.000000396. The van der Waals surface area contributed by atoms with E-state index in [1.54, 1.807) is 0 Å². The second-order valence-electron chi connectivity index (χ2n) is 4.49. The number of ketones is 1. The first-order chi connectivity index (χ1) is 9.09. The van der Waals surface area contributed by atoms with E-state index in [1.807, 2.05) is 18.2 Å². The first-order valence-corrected chi connectivity index (χ1v) is 6.50. The molecule has 1 radical (unpaired) electrons. The first-order valence-electron chi connectivity index (χ1n) is 6.50. The summed E-state index contributed by atoms with van der Waals surface area (Å²) in [7, 11) is 0. The Morgan fingerprint density at radius 3 is 2.50 bits per heavy atom. The van der Waals surface area contributed by atoms with E-state index in [4.69, 9.17) is 9.90 Å². The molecule has 4 heteroatoms. The normalized spacial score (nSPS) is 14.3. The quantitative estimate of drug-likeness (QED) is 0.318. The predicted octanol–water partition coefficient (Wildman–Crippen LogP) is 3.47. The van der Waals surface area contributed by atoms with Crippen molar-refractivity contribution in [3.8, 4) is 0 Å². The second-order valence-corrected chi connectivity index (χ2v) is 4.49. The minimum Gasteiger partial charge on any atom is -0.512 e. The van der Waals surface area contributed by atoms with E-state index in [0.717, 1.165) is 13.0 Å². The molecule has 1 aliphatic rings. The number of benzene rings is 1. The number of aliphatic hydroxyl groups is 1. The van der Waals surface area contributed by atoms with Crippen LogP contribution in [0.15, 0.2) is 41.1 Å². The third-order valence-corrected chi connectivity index (χ3v) is 2.56. The van der Waals surface area contributed by atoms with Crippen molar-refractivity contribution in [2.45, 2.75) is 33.1 Å². The number of aliphatic imine (C=N–C) groups is 1. The Morgan fingerprint density at radius 2 is 2.10 bits per heavy atom. The number of carbonyl (C=O) groups excluding carboxylic acids is 1. The van der Waals surface area contributed by atoms with Crippen molar-refractivity contribution >= 4 is 11.5 Å². The van der Waals surface area contributed by atoms with Crippen molar-refractivity contribution in [2.24, 2.45) is 4.99 Å². The predicted molar refractivity (Wildman–Crippen MR) is 79.5 cm³/mol. The van der Waals surface area contributed by atoms with Crippen LogP contribution in [-0.2, 0) is 20.1 Å². The molecule has 0 bridgehead atoms. The molecule has 0 unspecified atom stereocenters. The van der Waals surface area contributed by atoms with Gasteiger partial charge in [-0.25, -0.2) is 0 Å². The van der Waals surface area contributed by atoms with Crippen LogP contribution in [0.3, 0.4) is 0 Å². The summed E-state index contributed by atoms with van der Waals surface area (Å²) in [5.41, 5.74) is 2.42. The van der Waals surface area contributed by atoms with Crippen LogP contribution in [0, 0.1) is 6.07 Å². The molecule has 1 heterocycles. The molecule has 111 valence electrons. The number of rotatable bonds is 2. The topological polar surface area (TPSA) is 54.0 Å². The number of hydrogen-bond acceptors (Lipinski definition) is 2. The Morgan fingerprint density at radius 1 is 1.35 bits per heavy atom. The zero-order valence-corrected chi connectivity index (χ0v) is 14.3. The van der Waals surface area contributed by atoms with Gasteiger partial charge in [-0.1, -0.05) is 6.42 Å². The van der Waals surface area contributed by atoms with E-state index in [0.29, 0.717) is 0 Å². The third-order valence-electron chi connectivity index (χ3n) is 2.56. The van der Waals surface area contributed by atoms with Gasteiger partial charge in [0.15, 0.2) is 0 Å². The summed E-state index contributed by atoms with van der Waals surface area (Å²) in [6.07, 6.45) is 4.93. The second kappa shape index (κ2) is 10.5. The minimum atomic E-state index is 0. The summed E-state index contributed by atoms with van der Waals surface area (Å²) in [5, 5.41) is 8.40. The number of nitrogens with zero attached hydrogens (tertiary/aromatic N) is 1. The van der Waals surface area contributed by atoms with Crippen LogP contribution in [-0.4, -0.2) is 27.9 Å². The average molecular weight is 452 g/mol.